The molecule has 1 aliphatic heterocycles. The predicted molar refractivity (Wildman–Crippen MR) is 125 cm³/mol. The van der Waals surface area contributed by atoms with E-state index in [4.69, 9.17) is 19.2 Å². The van der Waals surface area contributed by atoms with Crippen molar-refractivity contribution in [1.82, 2.24) is 9.88 Å². The fraction of sp³-hybridized carbons (Fsp3) is 0.364. The lowest BCUT2D eigenvalue weighted by Gasteiger charge is -2.22. The molecule has 0 radical (unpaired) electrons. The maximum Gasteiger partial charge on any atom is 0.233 e. The van der Waals surface area contributed by atoms with E-state index in [1.807, 2.05) is 51.4 Å². The molecular weight excluding hydrogens is 438 g/mol. The SMILES string of the molecule is COc1ccc(C)c2sc(N(CCN(C)C)C(=O)Cc3ccc4c(c3)OCO4)nc12.Cl. The number of methoxy groups -OCH3 is 1. The summed E-state index contributed by atoms with van der Waals surface area (Å²) in [6.07, 6.45) is 0.260. The summed E-state index contributed by atoms with van der Waals surface area (Å²) in [6.45, 7) is 3.55. The van der Waals surface area contributed by atoms with Gasteiger partial charge in [0.2, 0.25) is 12.7 Å². The van der Waals surface area contributed by atoms with Crippen molar-refractivity contribution in [3.05, 3.63) is 41.5 Å². The zero-order valence-electron chi connectivity index (χ0n) is 18.0. The number of hydrogen-bond acceptors (Lipinski definition) is 7. The maximum absolute atomic E-state index is 13.3. The molecule has 166 valence electrons. The van der Waals surface area contributed by atoms with E-state index in [0.717, 1.165) is 27.9 Å². The van der Waals surface area contributed by atoms with Gasteiger partial charge in [-0.15, -0.1) is 12.4 Å². The average molecular weight is 464 g/mol. The molecule has 0 unspecified atom stereocenters. The quantitative estimate of drug-likeness (QED) is 0.529. The van der Waals surface area contributed by atoms with Crippen LogP contribution in [0.1, 0.15) is 11.1 Å². The van der Waals surface area contributed by atoms with E-state index in [-0.39, 0.29) is 31.5 Å². The summed E-state index contributed by atoms with van der Waals surface area (Å²) in [5, 5.41) is 0.685. The third-order valence-electron chi connectivity index (χ3n) is 5.01. The van der Waals surface area contributed by atoms with Gasteiger partial charge in [0.05, 0.1) is 18.2 Å². The third kappa shape index (κ3) is 4.87. The molecule has 1 aliphatic rings. The second-order valence-corrected chi connectivity index (χ2v) is 8.45. The van der Waals surface area contributed by atoms with Crippen LogP contribution in [0.3, 0.4) is 0 Å². The molecular formula is C22H26ClN3O4S. The second-order valence-electron chi connectivity index (χ2n) is 7.47. The lowest BCUT2D eigenvalue weighted by atomic mass is 10.1. The standard InChI is InChI=1S/C22H25N3O4S.ClH/c1-14-5-7-17(27-4)20-21(14)30-22(23-20)25(10-9-24(2)3)19(26)12-15-6-8-16-18(11-15)29-13-28-16;/h5-8,11H,9-10,12-13H2,1-4H3;1H. The van der Waals surface area contributed by atoms with Crippen molar-refractivity contribution in [3.8, 4) is 17.2 Å². The molecule has 0 saturated carbocycles. The lowest BCUT2D eigenvalue weighted by Crippen LogP contribution is -2.37. The van der Waals surface area contributed by atoms with Crippen LogP contribution < -0.4 is 19.1 Å². The molecule has 3 aromatic rings. The normalized spacial score (nSPS) is 12.2. The number of carbonyl (C=O) groups is 1. The van der Waals surface area contributed by atoms with E-state index >= 15 is 0 Å². The number of nitrogens with zero attached hydrogens (tertiary/aromatic N) is 3. The number of aryl methyl sites for hydroxylation is 1. The minimum atomic E-state index is -0.00797. The highest BCUT2D eigenvalue weighted by atomic mass is 35.5. The topological polar surface area (TPSA) is 64.1 Å². The summed E-state index contributed by atoms with van der Waals surface area (Å²) >= 11 is 1.52. The van der Waals surface area contributed by atoms with E-state index in [2.05, 4.69) is 4.90 Å². The predicted octanol–water partition coefficient (Wildman–Crippen LogP) is 3.90. The highest BCUT2D eigenvalue weighted by molar-refractivity contribution is 7.22. The van der Waals surface area contributed by atoms with Crippen molar-refractivity contribution >= 4 is 45.0 Å². The first-order valence-corrected chi connectivity index (χ1v) is 10.6. The molecule has 2 heterocycles. The number of carbonyl (C=O) groups excluding carboxylic acids is 1. The summed E-state index contributed by atoms with van der Waals surface area (Å²) < 4.78 is 17.3. The molecule has 0 spiro atoms. The van der Waals surface area contributed by atoms with Crippen molar-refractivity contribution in [1.29, 1.82) is 0 Å². The Kier molecular flexibility index (Phi) is 7.25. The van der Waals surface area contributed by atoms with Gasteiger partial charge >= 0.3 is 0 Å². The number of halogens is 1. The maximum atomic E-state index is 13.3. The van der Waals surface area contributed by atoms with Gasteiger partial charge in [-0.1, -0.05) is 23.5 Å². The molecule has 0 N–H and O–H groups in total. The van der Waals surface area contributed by atoms with Gasteiger partial charge in [-0.05, 0) is 50.3 Å². The Morgan fingerprint density at radius 1 is 1.16 bits per heavy atom. The minimum absolute atomic E-state index is 0. The van der Waals surface area contributed by atoms with Gasteiger partial charge in [0.25, 0.3) is 0 Å². The molecule has 31 heavy (non-hydrogen) atoms. The summed E-state index contributed by atoms with van der Waals surface area (Å²) in [6, 6.07) is 9.56. The molecule has 0 fully saturated rings. The first kappa shape index (κ1) is 23.1. The number of fused-ring (bicyclic) bond motifs is 2. The van der Waals surface area contributed by atoms with Gasteiger partial charge in [0.15, 0.2) is 16.6 Å². The van der Waals surface area contributed by atoms with Crippen LogP contribution in [0.15, 0.2) is 30.3 Å². The molecule has 0 aliphatic carbocycles. The lowest BCUT2D eigenvalue weighted by molar-refractivity contribution is -0.118. The molecule has 1 amide bonds. The number of likely N-dealkylation sites (N-methyl/N-ethyl adjacent to an activating group) is 1. The van der Waals surface area contributed by atoms with Gasteiger partial charge < -0.3 is 19.1 Å². The van der Waals surface area contributed by atoms with Crippen molar-refractivity contribution < 1.29 is 19.0 Å². The van der Waals surface area contributed by atoms with E-state index in [1.165, 1.54) is 11.3 Å². The highest BCUT2D eigenvalue weighted by Crippen LogP contribution is 2.37. The summed E-state index contributed by atoms with van der Waals surface area (Å²) in [5.41, 5.74) is 2.79. The number of rotatable bonds is 7. The molecule has 0 saturated heterocycles. The van der Waals surface area contributed by atoms with Gasteiger partial charge in [-0.2, -0.15) is 0 Å². The van der Waals surface area contributed by atoms with Gasteiger partial charge in [-0.3, -0.25) is 9.69 Å². The van der Waals surface area contributed by atoms with E-state index in [9.17, 15) is 4.79 Å². The van der Waals surface area contributed by atoms with Gasteiger partial charge in [0, 0.05) is 13.1 Å². The Balaban J connectivity index is 0.00000272. The smallest absolute Gasteiger partial charge is 0.233 e. The first-order valence-electron chi connectivity index (χ1n) is 9.74. The van der Waals surface area contributed by atoms with Crippen LogP contribution in [0.5, 0.6) is 17.2 Å². The molecule has 0 atom stereocenters. The summed E-state index contributed by atoms with van der Waals surface area (Å²) in [5.74, 6) is 2.10. The molecule has 2 aromatic carbocycles. The van der Waals surface area contributed by atoms with Crippen molar-refractivity contribution in [3.63, 3.8) is 0 Å². The molecule has 1 aromatic heterocycles. The number of anilines is 1. The van der Waals surface area contributed by atoms with Crippen LogP contribution in [0.25, 0.3) is 10.2 Å². The van der Waals surface area contributed by atoms with Crippen molar-refractivity contribution in [2.24, 2.45) is 0 Å². The molecule has 0 bridgehead atoms. The van der Waals surface area contributed by atoms with Gasteiger partial charge in [0.1, 0.15) is 11.3 Å². The van der Waals surface area contributed by atoms with Crippen LogP contribution in [-0.4, -0.2) is 56.9 Å². The minimum Gasteiger partial charge on any atom is -0.494 e. The van der Waals surface area contributed by atoms with Crippen LogP contribution in [0.4, 0.5) is 5.13 Å². The highest BCUT2D eigenvalue weighted by Gasteiger charge is 2.23. The Labute approximate surface area is 191 Å². The number of amides is 1. The molecule has 7 nitrogen and oxygen atoms in total. The second kappa shape index (κ2) is 9.72. The number of ether oxygens (including phenoxy) is 3. The number of thiazole rings is 1. The van der Waals surface area contributed by atoms with Crippen molar-refractivity contribution in [2.45, 2.75) is 13.3 Å². The number of benzene rings is 2. The average Bonchev–Trinajstić information content (AvgIpc) is 3.35. The van der Waals surface area contributed by atoms with E-state index in [0.29, 0.717) is 28.9 Å². The van der Waals surface area contributed by atoms with Crippen LogP contribution in [0.2, 0.25) is 0 Å². The van der Waals surface area contributed by atoms with E-state index in [1.54, 1.807) is 12.0 Å². The van der Waals surface area contributed by atoms with Crippen LogP contribution >= 0.6 is 23.7 Å². The zero-order valence-corrected chi connectivity index (χ0v) is 19.6. The van der Waals surface area contributed by atoms with E-state index < -0.39 is 0 Å². The zero-order chi connectivity index (χ0) is 21.3. The number of hydrogen-bond donors (Lipinski definition) is 0. The van der Waals surface area contributed by atoms with Crippen LogP contribution in [-0.2, 0) is 11.2 Å². The third-order valence-corrected chi connectivity index (χ3v) is 6.22. The molecule has 4 rings (SSSR count). The molecule has 9 heteroatoms. The Hall–Kier alpha value is -2.55. The van der Waals surface area contributed by atoms with Crippen LogP contribution in [0, 0.1) is 6.92 Å². The first-order chi connectivity index (χ1) is 14.5. The Morgan fingerprint density at radius 2 is 1.94 bits per heavy atom. The Bertz CT molecular complexity index is 1090. The summed E-state index contributed by atoms with van der Waals surface area (Å²) in [4.78, 5) is 21.9. The van der Waals surface area contributed by atoms with Crippen molar-refractivity contribution in [2.75, 3.05) is 46.0 Å². The Morgan fingerprint density at radius 3 is 2.68 bits per heavy atom. The monoisotopic (exact) mass is 463 g/mol. The fourth-order valence-electron chi connectivity index (χ4n) is 3.33. The number of aromatic nitrogens is 1. The van der Waals surface area contributed by atoms with Gasteiger partial charge in [-0.25, -0.2) is 4.98 Å². The summed E-state index contributed by atoms with van der Waals surface area (Å²) in [7, 11) is 5.62. The largest absolute Gasteiger partial charge is 0.494 e. The fourth-order valence-corrected chi connectivity index (χ4v) is 4.42.